The SMILES string of the molecule is N#Cc1cc(-c2cccc(-n3c4ccccc4c4cc(N(c5ccccc5)c5ccccc5)ccc43)c2)c(C=N)cc1-c1cccc(-n2c3ccccc3c3cc(N(c4ccccc4)c4ccccc4)ccc32)c1. The second kappa shape index (κ2) is 18.5. The lowest BCUT2D eigenvalue weighted by molar-refractivity contribution is 1.18. The van der Waals surface area contributed by atoms with Gasteiger partial charge < -0.3 is 24.3 Å². The molecule has 6 nitrogen and oxygen atoms in total. The largest absolute Gasteiger partial charge is 0.310 e. The zero-order valence-electron chi connectivity index (χ0n) is 40.2. The molecule has 0 aliphatic rings. The summed E-state index contributed by atoms with van der Waals surface area (Å²) >= 11 is 0. The lowest BCUT2D eigenvalue weighted by Crippen LogP contribution is -2.09. The summed E-state index contributed by atoms with van der Waals surface area (Å²) in [5.74, 6) is 0. The zero-order chi connectivity index (χ0) is 49.5. The van der Waals surface area contributed by atoms with Crippen LogP contribution in [0.5, 0.6) is 0 Å². The monoisotopic (exact) mass is 946 g/mol. The zero-order valence-corrected chi connectivity index (χ0v) is 40.2. The van der Waals surface area contributed by atoms with Crippen LogP contribution in [0.4, 0.5) is 34.1 Å². The number of aromatic nitrogens is 2. The maximum atomic E-state index is 10.9. The molecule has 0 saturated heterocycles. The van der Waals surface area contributed by atoms with Crippen molar-refractivity contribution >= 4 is 84.0 Å². The van der Waals surface area contributed by atoms with Crippen molar-refractivity contribution in [2.75, 3.05) is 9.80 Å². The van der Waals surface area contributed by atoms with Crippen LogP contribution in [-0.2, 0) is 0 Å². The van der Waals surface area contributed by atoms with E-state index in [4.69, 9.17) is 5.41 Å². The Morgan fingerprint density at radius 2 is 0.730 bits per heavy atom. The maximum Gasteiger partial charge on any atom is 0.0998 e. The highest BCUT2D eigenvalue weighted by Gasteiger charge is 2.21. The van der Waals surface area contributed by atoms with Gasteiger partial charge in [0.1, 0.15) is 0 Å². The molecule has 0 bridgehead atoms. The van der Waals surface area contributed by atoms with Crippen LogP contribution in [0.2, 0.25) is 0 Å². The Hall–Kier alpha value is -10.2. The van der Waals surface area contributed by atoms with Crippen molar-refractivity contribution in [1.29, 1.82) is 10.7 Å². The predicted molar refractivity (Wildman–Crippen MR) is 308 cm³/mol. The molecule has 0 aliphatic heterocycles. The number of fused-ring (bicyclic) bond motifs is 6. The Morgan fingerprint density at radius 1 is 0.338 bits per heavy atom. The molecule has 74 heavy (non-hydrogen) atoms. The van der Waals surface area contributed by atoms with E-state index in [2.05, 4.69) is 256 Å². The van der Waals surface area contributed by atoms with Crippen molar-refractivity contribution in [1.82, 2.24) is 9.13 Å². The molecular formula is C68H46N6. The number of para-hydroxylation sites is 6. The van der Waals surface area contributed by atoms with Gasteiger partial charge in [0.15, 0.2) is 0 Å². The first kappa shape index (κ1) is 43.8. The number of hydrogen-bond acceptors (Lipinski definition) is 4. The van der Waals surface area contributed by atoms with Crippen molar-refractivity contribution in [3.8, 4) is 39.7 Å². The van der Waals surface area contributed by atoms with Gasteiger partial charge in [-0.15, -0.1) is 0 Å². The fourth-order valence-electron chi connectivity index (χ4n) is 10.9. The van der Waals surface area contributed by atoms with Gasteiger partial charge in [-0.3, -0.25) is 0 Å². The lowest BCUT2D eigenvalue weighted by Gasteiger charge is -2.25. The molecule has 6 heteroatoms. The second-order valence-electron chi connectivity index (χ2n) is 18.5. The summed E-state index contributed by atoms with van der Waals surface area (Å²) in [5, 5.41) is 24.3. The Kier molecular flexibility index (Phi) is 10.9. The van der Waals surface area contributed by atoms with Crippen LogP contribution < -0.4 is 9.80 Å². The molecule has 348 valence electrons. The van der Waals surface area contributed by atoms with Crippen LogP contribution in [-0.4, -0.2) is 15.3 Å². The van der Waals surface area contributed by atoms with E-state index in [1.165, 1.54) is 6.21 Å². The molecule has 0 aliphatic carbocycles. The number of benzene rings is 11. The standard InChI is InChI=1S/C68H46N6/c69-45-49-42-62(48-20-18-30-56(40-48)74-66-34-16-14-32-60(66)64-44-58(36-38-68(64)74)72(53-25-9-3-10-26-53)54-27-11-4-12-28-54)50(46-70)41-61(49)47-19-17-29-55(39-47)73-65-33-15-13-31-59(65)63-43-57(35-37-67(63)73)71(51-21-5-1-6-22-51)52-23-7-2-8-24-52/h1-45,69H. The van der Waals surface area contributed by atoms with E-state index in [-0.39, 0.29) is 0 Å². The minimum Gasteiger partial charge on any atom is -0.310 e. The van der Waals surface area contributed by atoms with Crippen LogP contribution in [0.25, 0.3) is 77.2 Å². The summed E-state index contributed by atoms with van der Waals surface area (Å²) in [6.45, 7) is 0. The van der Waals surface area contributed by atoms with Crippen molar-refractivity contribution < 1.29 is 0 Å². The van der Waals surface area contributed by atoms with E-state index < -0.39 is 0 Å². The first-order chi connectivity index (χ1) is 36.6. The topological polar surface area (TPSA) is 64.0 Å². The van der Waals surface area contributed by atoms with E-state index in [1.807, 2.05) is 36.4 Å². The number of hydrogen-bond donors (Lipinski definition) is 1. The first-order valence-corrected chi connectivity index (χ1v) is 24.8. The van der Waals surface area contributed by atoms with Crippen molar-refractivity contribution in [3.63, 3.8) is 0 Å². The van der Waals surface area contributed by atoms with Gasteiger partial charge in [0.05, 0.1) is 33.7 Å². The third-order valence-corrected chi connectivity index (χ3v) is 14.2. The van der Waals surface area contributed by atoms with E-state index in [9.17, 15) is 5.26 Å². The Morgan fingerprint density at radius 3 is 1.15 bits per heavy atom. The van der Waals surface area contributed by atoms with E-state index in [0.29, 0.717) is 5.56 Å². The minimum atomic E-state index is 0.535. The number of rotatable bonds is 11. The second-order valence-corrected chi connectivity index (χ2v) is 18.5. The molecule has 0 saturated carbocycles. The van der Waals surface area contributed by atoms with Crippen LogP contribution in [0.15, 0.2) is 267 Å². The van der Waals surface area contributed by atoms with Gasteiger partial charge in [0, 0.05) is 84.4 Å². The van der Waals surface area contributed by atoms with Crippen LogP contribution in [0.1, 0.15) is 11.1 Å². The molecule has 1 N–H and O–H groups in total. The molecule has 0 amide bonds. The summed E-state index contributed by atoms with van der Waals surface area (Å²) in [4.78, 5) is 4.59. The third kappa shape index (κ3) is 7.56. The summed E-state index contributed by atoms with van der Waals surface area (Å²) < 4.78 is 4.63. The van der Waals surface area contributed by atoms with Crippen molar-refractivity contribution in [3.05, 3.63) is 278 Å². The van der Waals surface area contributed by atoms with Crippen LogP contribution >= 0.6 is 0 Å². The van der Waals surface area contributed by atoms with Gasteiger partial charge in [-0.25, -0.2) is 0 Å². The summed E-state index contributed by atoms with van der Waals surface area (Å²) in [6, 6.07) is 95.8. The molecule has 0 fully saturated rings. The number of nitriles is 1. The van der Waals surface area contributed by atoms with Gasteiger partial charge >= 0.3 is 0 Å². The number of anilines is 6. The molecular weight excluding hydrogens is 901 g/mol. The Labute approximate surface area is 429 Å². The van der Waals surface area contributed by atoms with Gasteiger partial charge in [-0.1, -0.05) is 133 Å². The van der Waals surface area contributed by atoms with Gasteiger partial charge in [-0.05, 0) is 150 Å². The smallest absolute Gasteiger partial charge is 0.0998 e. The van der Waals surface area contributed by atoms with E-state index in [1.54, 1.807) is 0 Å². The predicted octanol–water partition coefficient (Wildman–Crippen LogP) is 18.0. The minimum absolute atomic E-state index is 0.535. The molecule has 0 spiro atoms. The summed E-state index contributed by atoms with van der Waals surface area (Å²) in [7, 11) is 0. The number of nitrogens with one attached hydrogen (secondary N) is 1. The van der Waals surface area contributed by atoms with Gasteiger partial charge in [-0.2, -0.15) is 5.26 Å². The maximum absolute atomic E-state index is 10.9. The van der Waals surface area contributed by atoms with E-state index >= 15 is 0 Å². The highest BCUT2D eigenvalue weighted by Crippen LogP contribution is 2.43. The third-order valence-electron chi connectivity index (χ3n) is 14.2. The van der Waals surface area contributed by atoms with Gasteiger partial charge in [0.2, 0.25) is 0 Å². The average Bonchev–Trinajstić information content (AvgIpc) is 4.00. The van der Waals surface area contributed by atoms with E-state index in [0.717, 1.165) is 117 Å². The molecule has 13 rings (SSSR count). The quantitative estimate of drug-likeness (QED) is 0.131. The first-order valence-electron chi connectivity index (χ1n) is 24.8. The molecule has 13 aromatic rings. The molecule has 2 aromatic heterocycles. The summed E-state index contributed by atoms with van der Waals surface area (Å²) in [5.41, 5.74) is 17.4. The highest BCUT2D eigenvalue weighted by atomic mass is 15.1. The van der Waals surface area contributed by atoms with Crippen LogP contribution in [0.3, 0.4) is 0 Å². The van der Waals surface area contributed by atoms with Gasteiger partial charge in [0.25, 0.3) is 0 Å². The Bertz CT molecular complexity index is 4200. The van der Waals surface area contributed by atoms with Crippen molar-refractivity contribution in [2.24, 2.45) is 0 Å². The van der Waals surface area contributed by atoms with Crippen LogP contribution in [0, 0.1) is 16.7 Å². The average molecular weight is 947 g/mol. The highest BCUT2D eigenvalue weighted by molar-refractivity contribution is 6.12. The lowest BCUT2D eigenvalue weighted by atomic mass is 9.91. The number of nitrogens with zero attached hydrogens (tertiary/aromatic N) is 5. The fraction of sp³-hybridized carbons (Fsp3) is 0. The normalized spacial score (nSPS) is 11.3. The summed E-state index contributed by atoms with van der Waals surface area (Å²) in [6.07, 6.45) is 1.41. The fourth-order valence-corrected chi connectivity index (χ4v) is 10.9. The molecule has 11 aromatic carbocycles. The molecule has 2 heterocycles. The molecule has 0 unspecified atom stereocenters. The van der Waals surface area contributed by atoms with Crippen molar-refractivity contribution in [2.45, 2.75) is 0 Å². The molecule has 0 atom stereocenters. The Balaban J connectivity index is 0.888. The molecule has 0 radical (unpaired) electrons.